The first-order chi connectivity index (χ1) is 14.1. The lowest BCUT2D eigenvalue weighted by Crippen LogP contribution is -2.25. The molecule has 3 aromatic carbocycles. The first-order valence-electron chi connectivity index (χ1n) is 9.51. The van der Waals surface area contributed by atoms with Crippen LogP contribution >= 0.6 is 0 Å². The Hall–Kier alpha value is -3.60. The van der Waals surface area contributed by atoms with Crippen molar-refractivity contribution in [3.63, 3.8) is 0 Å². The summed E-state index contributed by atoms with van der Waals surface area (Å²) >= 11 is 0. The Balaban J connectivity index is 1.45. The van der Waals surface area contributed by atoms with Crippen LogP contribution in [0.1, 0.15) is 21.5 Å². The minimum absolute atomic E-state index is 0.0425. The second-order valence-electron chi connectivity index (χ2n) is 7.12. The normalized spacial score (nSPS) is 10.8. The summed E-state index contributed by atoms with van der Waals surface area (Å²) in [6, 6.07) is 22.3. The first kappa shape index (κ1) is 18.7. The summed E-state index contributed by atoms with van der Waals surface area (Å²) in [4.78, 5) is 14.5. The largest absolute Gasteiger partial charge is 0.497 e. The number of nitrogens with zero attached hydrogens (tertiary/aromatic N) is 3. The molecule has 4 rings (SSSR count). The molecule has 1 amide bonds. The number of fused-ring (bicyclic) bond motifs is 1. The number of amides is 1. The maximum atomic E-state index is 12.8. The molecule has 0 saturated carbocycles. The lowest BCUT2D eigenvalue weighted by Gasteiger charge is -2.17. The van der Waals surface area contributed by atoms with E-state index in [1.807, 2.05) is 61.6 Å². The molecule has 0 saturated heterocycles. The van der Waals surface area contributed by atoms with E-state index in [1.165, 1.54) is 0 Å². The van der Waals surface area contributed by atoms with Crippen molar-refractivity contribution in [3.8, 4) is 5.75 Å². The van der Waals surface area contributed by atoms with E-state index in [9.17, 15) is 4.79 Å². The topological polar surface area (TPSA) is 47.4 Å². The summed E-state index contributed by atoms with van der Waals surface area (Å²) in [5, 5.41) is 6.58. The van der Waals surface area contributed by atoms with E-state index in [0.29, 0.717) is 18.7 Å². The SMILES string of the molecule is COc1ccc2cc(CN(C)C(=O)c3cnn(Cc4ccccc4)c3)ccc2c1. The molecule has 0 unspecified atom stereocenters. The molecule has 0 aliphatic carbocycles. The van der Waals surface area contributed by atoms with Gasteiger partial charge in [0.15, 0.2) is 0 Å². The van der Waals surface area contributed by atoms with Gasteiger partial charge < -0.3 is 9.64 Å². The number of carbonyl (C=O) groups is 1. The molecular weight excluding hydrogens is 362 g/mol. The molecule has 0 N–H and O–H groups in total. The van der Waals surface area contributed by atoms with Gasteiger partial charge in [-0.25, -0.2) is 0 Å². The van der Waals surface area contributed by atoms with E-state index in [4.69, 9.17) is 4.74 Å². The van der Waals surface area contributed by atoms with Gasteiger partial charge in [-0.1, -0.05) is 48.5 Å². The zero-order valence-corrected chi connectivity index (χ0v) is 16.6. The number of carbonyl (C=O) groups excluding carboxylic acids is 1. The number of aromatic nitrogens is 2. The van der Waals surface area contributed by atoms with Gasteiger partial charge >= 0.3 is 0 Å². The molecule has 1 heterocycles. The van der Waals surface area contributed by atoms with Crippen molar-refractivity contribution in [2.75, 3.05) is 14.2 Å². The van der Waals surface area contributed by atoms with Crippen molar-refractivity contribution in [1.82, 2.24) is 14.7 Å². The minimum atomic E-state index is -0.0425. The number of methoxy groups -OCH3 is 1. The summed E-state index contributed by atoms with van der Waals surface area (Å²) in [6.45, 7) is 1.18. The Morgan fingerprint density at radius 2 is 1.76 bits per heavy atom. The average molecular weight is 385 g/mol. The van der Waals surface area contributed by atoms with Gasteiger partial charge in [0.1, 0.15) is 5.75 Å². The molecule has 0 atom stereocenters. The lowest BCUT2D eigenvalue weighted by molar-refractivity contribution is 0.0785. The van der Waals surface area contributed by atoms with E-state index < -0.39 is 0 Å². The fraction of sp³-hybridized carbons (Fsp3) is 0.167. The van der Waals surface area contributed by atoms with Crippen molar-refractivity contribution in [1.29, 1.82) is 0 Å². The second kappa shape index (κ2) is 8.19. The number of hydrogen-bond donors (Lipinski definition) is 0. The van der Waals surface area contributed by atoms with Crippen LogP contribution in [0.2, 0.25) is 0 Å². The summed E-state index contributed by atoms with van der Waals surface area (Å²) in [7, 11) is 3.48. The van der Waals surface area contributed by atoms with Crippen molar-refractivity contribution < 1.29 is 9.53 Å². The van der Waals surface area contributed by atoms with Crippen LogP contribution in [-0.2, 0) is 13.1 Å². The van der Waals surface area contributed by atoms with Crippen LogP contribution in [0.5, 0.6) is 5.75 Å². The minimum Gasteiger partial charge on any atom is -0.497 e. The predicted octanol–water partition coefficient (Wildman–Crippen LogP) is 4.37. The van der Waals surface area contributed by atoms with Gasteiger partial charge in [0.05, 0.1) is 25.4 Å². The Morgan fingerprint density at radius 3 is 2.55 bits per heavy atom. The van der Waals surface area contributed by atoms with Gasteiger partial charge in [-0.3, -0.25) is 9.48 Å². The zero-order valence-electron chi connectivity index (χ0n) is 16.6. The van der Waals surface area contributed by atoms with Gasteiger partial charge in [0.2, 0.25) is 0 Å². The monoisotopic (exact) mass is 385 g/mol. The summed E-state index contributed by atoms with van der Waals surface area (Å²) in [5.41, 5.74) is 2.82. The Bertz CT molecular complexity index is 1140. The smallest absolute Gasteiger partial charge is 0.257 e. The quantitative estimate of drug-likeness (QED) is 0.495. The summed E-state index contributed by atoms with van der Waals surface area (Å²) in [6.07, 6.45) is 3.44. The van der Waals surface area contributed by atoms with Gasteiger partial charge in [0.25, 0.3) is 5.91 Å². The highest BCUT2D eigenvalue weighted by molar-refractivity contribution is 5.93. The standard InChI is InChI=1S/C24H23N3O2/c1-26(15-19-8-9-21-13-23(29-2)11-10-20(21)12-19)24(28)22-14-25-27(17-22)16-18-6-4-3-5-7-18/h3-14,17H,15-16H2,1-2H3. The predicted molar refractivity (Wildman–Crippen MR) is 114 cm³/mol. The van der Waals surface area contributed by atoms with Crippen LogP contribution in [0.15, 0.2) is 79.1 Å². The van der Waals surface area contributed by atoms with E-state index in [-0.39, 0.29) is 5.91 Å². The molecule has 29 heavy (non-hydrogen) atoms. The molecule has 0 radical (unpaired) electrons. The zero-order chi connectivity index (χ0) is 20.2. The third kappa shape index (κ3) is 4.29. The molecule has 0 spiro atoms. The highest BCUT2D eigenvalue weighted by atomic mass is 16.5. The molecule has 4 aromatic rings. The lowest BCUT2D eigenvalue weighted by atomic mass is 10.1. The number of hydrogen-bond acceptors (Lipinski definition) is 3. The fourth-order valence-corrected chi connectivity index (χ4v) is 3.40. The van der Waals surface area contributed by atoms with Crippen LogP contribution in [0.25, 0.3) is 10.8 Å². The van der Waals surface area contributed by atoms with Gasteiger partial charge in [-0.2, -0.15) is 5.10 Å². The second-order valence-corrected chi connectivity index (χ2v) is 7.12. The van der Waals surface area contributed by atoms with Gasteiger partial charge in [-0.05, 0) is 40.1 Å². The average Bonchev–Trinajstić information content (AvgIpc) is 3.21. The van der Waals surface area contributed by atoms with E-state index >= 15 is 0 Å². The highest BCUT2D eigenvalue weighted by Gasteiger charge is 2.14. The Labute approximate surface area is 170 Å². The van der Waals surface area contributed by atoms with Crippen LogP contribution in [-0.4, -0.2) is 34.7 Å². The third-order valence-corrected chi connectivity index (χ3v) is 4.95. The number of rotatable bonds is 6. The van der Waals surface area contributed by atoms with Crippen LogP contribution in [0, 0.1) is 0 Å². The number of benzene rings is 3. The maximum absolute atomic E-state index is 12.8. The molecule has 5 nitrogen and oxygen atoms in total. The molecule has 0 aliphatic heterocycles. The van der Waals surface area contributed by atoms with Crippen molar-refractivity contribution in [2.45, 2.75) is 13.1 Å². The highest BCUT2D eigenvalue weighted by Crippen LogP contribution is 2.22. The summed E-state index contributed by atoms with van der Waals surface area (Å²) < 4.78 is 7.07. The van der Waals surface area contributed by atoms with E-state index in [1.54, 1.807) is 29.1 Å². The Kier molecular flexibility index (Phi) is 5.29. The molecule has 1 aromatic heterocycles. The van der Waals surface area contributed by atoms with Crippen molar-refractivity contribution >= 4 is 16.7 Å². The van der Waals surface area contributed by atoms with Gasteiger partial charge in [-0.15, -0.1) is 0 Å². The van der Waals surface area contributed by atoms with Gasteiger partial charge in [0, 0.05) is 19.8 Å². The molecule has 0 fully saturated rings. The van der Waals surface area contributed by atoms with Crippen molar-refractivity contribution in [3.05, 3.63) is 95.8 Å². The molecule has 5 heteroatoms. The van der Waals surface area contributed by atoms with E-state index in [2.05, 4.69) is 17.2 Å². The van der Waals surface area contributed by atoms with E-state index in [0.717, 1.165) is 27.6 Å². The van der Waals surface area contributed by atoms with Crippen LogP contribution < -0.4 is 4.74 Å². The molecule has 0 aliphatic rings. The number of ether oxygens (including phenoxy) is 1. The Morgan fingerprint density at radius 1 is 1.00 bits per heavy atom. The summed E-state index contributed by atoms with van der Waals surface area (Å²) in [5.74, 6) is 0.796. The molecule has 0 bridgehead atoms. The molecule has 146 valence electrons. The van der Waals surface area contributed by atoms with Crippen molar-refractivity contribution in [2.24, 2.45) is 0 Å². The van der Waals surface area contributed by atoms with Crippen LogP contribution in [0.3, 0.4) is 0 Å². The first-order valence-corrected chi connectivity index (χ1v) is 9.51. The fourth-order valence-electron chi connectivity index (χ4n) is 3.40. The third-order valence-electron chi connectivity index (χ3n) is 4.95. The van der Waals surface area contributed by atoms with Crippen LogP contribution in [0.4, 0.5) is 0 Å². The molecular formula is C24H23N3O2. The maximum Gasteiger partial charge on any atom is 0.257 e.